The maximum Gasteiger partial charge on any atom is 0.306 e. The molecule has 0 radical (unpaired) electrons. The van der Waals surface area contributed by atoms with Gasteiger partial charge >= 0.3 is 11.7 Å². The van der Waals surface area contributed by atoms with E-state index in [0.717, 1.165) is 38.2 Å². The van der Waals surface area contributed by atoms with Crippen molar-refractivity contribution in [3.05, 3.63) is 179 Å². The van der Waals surface area contributed by atoms with Crippen LogP contribution in [-0.2, 0) is 22.9 Å². The first-order valence-electron chi connectivity index (χ1n) is 18.8. The molecule has 0 bridgehead atoms. The lowest BCUT2D eigenvalue weighted by molar-refractivity contribution is 0.124. The Hall–Kier alpha value is -7.78. The zero-order valence-electron chi connectivity index (χ0n) is 31.7. The Kier molecular flexibility index (Phi) is 9.71. The number of oxime groups is 2. The van der Waals surface area contributed by atoms with Gasteiger partial charge in [-0.1, -0.05) is 101 Å². The van der Waals surface area contributed by atoms with Crippen LogP contribution in [-0.4, -0.2) is 31.2 Å². The van der Waals surface area contributed by atoms with Crippen molar-refractivity contribution in [3.8, 4) is 33.6 Å². The molecule has 10 rings (SSSR count). The highest BCUT2D eigenvalue weighted by molar-refractivity contribution is 6.31. The standard InChI is InChI=1S/C46H26ClF5N6O4/c47-35-20-28(10-13-31(35)23-61-53-21-36-43(55-45-57(36)14-16-59-45)29-11-8-25-4-1-2-5-27(25)18-29)32-7-3-6-26-9-12-30(19-33(26)32)44-37(58-15-17-60-46(58)56-44)22-54-62-24-34-38(48)40(50)42(52)41(51)39(34)49/h1-22H,23-24H2/b53-21+,54-22+. The van der Waals surface area contributed by atoms with Crippen molar-refractivity contribution in [2.45, 2.75) is 13.2 Å². The molecule has 0 atom stereocenters. The summed E-state index contributed by atoms with van der Waals surface area (Å²) in [4.78, 5) is 20.1. The van der Waals surface area contributed by atoms with Crippen molar-refractivity contribution >= 4 is 57.3 Å². The third kappa shape index (κ3) is 6.77. The fraction of sp³-hybridized carbons (Fsp3) is 0.0435. The number of imidazole rings is 2. The van der Waals surface area contributed by atoms with Gasteiger partial charge in [0.25, 0.3) is 0 Å². The maximum absolute atomic E-state index is 14.2. The fourth-order valence-corrected chi connectivity index (χ4v) is 7.51. The van der Waals surface area contributed by atoms with Crippen molar-refractivity contribution in [2.24, 2.45) is 10.3 Å². The zero-order valence-corrected chi connectivity index (χ0v) is 32.5. The van der Waals surface area contributed by atoms with Crippen LogP contribution in [0.3, 0.4) is 0 Å². The van der Waals surface area contributed by atoms with Gasteiger partial charge in [-0.15, -0.1) is 0 Å². The number of aromatic nitrogens is 4. The van der Waals surface area contributed by atoms with E-state index in [1.165, 1.54) is 12.5 Å². The second-order valence-corrected chi connectivity index (χ2v) is 14.4. The first-order valence-corrected chi connectivity index (χ1v) is 19.1. The average molecular weight is 857 g/mol. The average Bonchev–Trinajstić information content (AvgIpc) is 4.10. The lowest BCUT2D eigenvalue weighted by atomic mass is 9.95. The summed E-state index contributed by atoms with van der Waals surface area (Å²) in [6.45, 7) is -0.940. The van der Waals surface area contributed by atoms with E-state index >= 15 is 0 Å². The predicted molar refractivity (Wildman–Crippen MR) is 222 cm³/mol. The Balaban J connectivity index is 0.890. The molecule has 306 valence electrons. The van der Waals surface area contributed by atoms with E-state index in [-0.39, 0.29) is 12.5 Å². The van der Waals surface area contributed by atoms with Gasteiger partial charge in [0.15, 0.2) is 23.3 Å². The highest BCUT2D eigenvalue weighted by Crippen LogP contribution is 2.36. The van der Waals surface area contributed by atoms with Gasteiger partial charge in [-0.2, -0.15) is 9.97 Å². The minimum absolute atomic E-state index is 0.0883. The summed E-state index contributed by atoms with van der Waals surface area (Å²) in [6.07, 6.45) is 9.08. The number of fused-ring (bicyclic) bond motifs is 4. The summed E-state index contributed by atoms with van der Waals surface area (Å²) in [7, 11) is 0. The number of rotatable bonds is 11. The Morgan fingerprint density at radius 2 is 1.15 bits per heavy atom. The van der Waals surface area contributed by atoms with Crippen LogP contribution in [0.2, 0.25) is 5.02 Å². The molecular weight excluding hydrogens is 831 g/mol. The van der Waals surface area contributed by atoms with Crippen molar-refractivity contribution in [2.75, 3.05) is 0 Å². The molecule has 0 saturated carbocycles. The molecule has 10 nitrogen and oxygen atoms in total. The zero-order chi connectivity index (χ0) is 42.5. The smallest absolute Gasteiger partial charge is 0.306 e. The molecule has 0 unspecified atom stereocenters. The first-order chi connectivity index (χ1) is 30.2. The van der Waals surface area contributed by atoms with Crippen LogP contribution in [0.15, 0.2) is 141 Å². The quantitative estimate of drug-likeness (QED) is 0.0422. The van der Waals surface area contributed by atoms with Crippen LogP contribution < -0.4 is 0 Å². The summed E-state index contributed by atoms with van der Waals surface area (Å²) in [5.41, 5.74) is 4.92. The van der Waals surface area contributed by atoms with E-state index in [1.807, 2.05) is 84.9 Å². The van der Waals surface area contributed by atoms with Crippen LogP contribution >= 0.6 is 11.6 Å². The molecule has 0 saturated heterocycles. The molecule has 10 aromatic rings. The largest absolute Gasteiger partial charge is 0.432 e. The van der Waals surface area contributed by atoms with Gasteiger partial charge in [-0.05, 0) is 50.9 Å². The number of halogens is 6. The van der Waals surface area contributed by atoms with Gasteiger partial charge in [0, 0.05) is 34.1 Å². The maximum atomic E-state index is 14.2. The molecule has 62 heavy (non-hydrogen) atoms. The van der Waals surface area contributed by atoms with E-state index in [9.17, 15) is 22.0 Å². The second-order valence-electron chi connectivity index (χ2n) is 14.0. The van der Waals surface area contributed by atoms with Gasteiger partial charge in [-0.3, -0.25) is 8.80 Å². The summed E-state index contributed by atoms with van der Waals surface area (Å²) < 4.78 is 83.8. The van der Waals surface area contributed by atoms with Gasteiger partial charge in [0.1, 0.15) is 37.1 Å². The Bertz CT molecular complexity index is 3400. The van der Waals surface area contributed by atoms with Gasteiger partial charge in [0.05, 0.1) is 29.4 Å². The van der Waals surface area contributed by atoms with E-state index in [4.69, 9.17) is 35.1 Å². The SMILES string of the molecule is Fc1c(F)c(F)c(CO/N=C/c2c(-c3ccc4cccc(-c5ccc(CO/N=C/c6c(-c7ccc8ccccc8c7)nc7occn67)c(Cl)c5)c4c3)nc3occn23)c(F)c1F. The van der Waals surface area contributed by atoms with Crippen molar-refractivity contribution < 1.29 is 40.5 Å². The summed E-state index contributed by atoms with van der Waals surface area (Å²) in [5.74, 6) is -9.81. The Morgan fingerprint density at radius 1 is 0.581 bits per heavy atom. The summed E-state index contributed by atoms with van der Waals surface area (Å²) in [5, 5.41) is 12.5. The molecule has 16 heteroatoms. The third-order valence-corrected chi connectivity index (χ3v) is 10.7. The Labute approximate surface area is 351 Å². The van der Waals surface area contributed by atoms with Crippen LogP contribution in [0.1, 0.15) is 22.5 Å². The molecule has 0 fully saturated rings. The van der Waals surface area contributed by atoms with E-state index < -0.39 is 41.3 Å². The third-order valence-electron chi connectivity index (χ3n) is 10.4. The lowest BCUT2D eigenvalue weighted by Gasteiger charge is -2.11. The van der Waals surface area contributed by atoms with Crippen LogP contribution in [0, 0.1) is 29.1 Å². The van der Waals surface area contributed by atoms with E-state index in [0.29, 0.717) is 44.8 Å². The molecule has 4 aromatic heterocycles. The molecular formula is C46H26ClF5N6O4. The van der Waals surface area contributed by atoms with Crippen LogP contribution in [0.4, 0.5) is 22.0 Å². The van der Waals surface area contributed by atoms with Gasteiger partial charge in [-0.25, -0.2) is 22.0 Å². The summed E-state index contributed by atoms with van der Waals surface area (Å²) in [6, 6.07) is 31.4. The topological polar surface area (TPSA) is 104 Å². The van der Waals surface area contributed by atoms with Crippen LogP contribution in [0.5, 0.6) is 0 Å². The first kappa shape index (κ1) is 38.4. The number of benzene rings is 6. The molecule has 6 aromatic carbocycles. The monoisotopic (exact) mass is 856 g/mol. The van der Waals surface area contributed by atoms with Crippen LogP contribution in [0.25, 0.3) is 66.9 Å². The minimum atomic E-state index is -2.26. The van der Waals surface area contributed by atoms with Crippen molar-refractivity contribution in [1.82, 2.24) is 18.8 Å². The molecule has 0 aliphatic carbocycles. The van der Waals surface area contributed by atoms with Gasteiger partial charge in [0.2, 0.25) is 5.82 Å². The van der Waals surface area contributed by atoms with Crippen molar-refractivity contribution in [3.63, 3.8) is 0 Å². The normalized spacial score (nSPS) is 12.0. The molecule has 0 aliphatic rings. The van der Waals surface area contributed by atoms with E-state index in [1.54, 1.807) is 33.7 Å². The number of hydrogen-bond acceptors (Lipinski definition) is 8. The molecule has 0 amide bonds. The number of oxazole rings is 2. The Morgan fingerprint density at radius 3 is 1.81 bits per heavy atom. The molecule has 4 heterocycles. The molecule has 0 spiro atoms. The number of hydrogen-bond donors (Lipinski definition) is 0. The van der Waals surface area contributed by atoms with Crippen molar-refractivity contribution in [1.29, 1.82) is 0 Å². The number of nitrogens with zero attached hydrogens (tertiary/aromatic N) is 6. The summed E-state index contributed by atoms with van der Waals surface area (Å²) >= 11 is 6.84. The predicted octanol–water partition coefficient (Wildman–Crippen LogP) is 11.9. The fourth-order valence-electron chi connectivity index (χ4n) is 7.28. The minimum Gasteiger partial charge on any atom is -0.432 e. The van der Waals surface area contributed by atoms with E-state index in [2.05, 4.69) is 27.4 Å². The molecule has 0 aliphatic heterocycles. The lowest BCUT2D eigenvalue weighted by Crippen LogP contribution is -2.07. The highest BCUT2D eigenvalue weighted by Gasteiger charge is 2.26. The van der Waals surface area contributed by atoms with Gasteiger partial charge < -0.3 is 18.5 Å². The second kappa shape index (κ2) is 15.7. The highest BCUT2D eigenvalue weighted by atomic mass is 35.5. The molecule has 0 N–H and O–H groups in total.